The fourth-order valence-electron chi connectivity index (χ4n) is 3.54. The molecule has 25 heavy (non-hydrogen) atoms. The SMILES string of the molecule is c1cncc([C@H]2OCC[C@@H]2c2nc(-c3ccc4c(c3)CCO4)no2)c1. The molecule has 2 aliphatic rings. The molecule has 2 aliphatic heterocycles. The summed E-state index contributed by atoms with van der Waals surface area (Å²) in [6.07, 6.45) is 5.29. The van der Waals surface area contributed by atoms with E-state index < -0.39 is 0 Å². The molecule has 0 bridgehead atoms. The molecule has 5 rings (SSSR count). The first-order chi connectivity index (χ1) is 12.4. The van der Waals surface area contributed by atoms with Crippen molar-refractivity contribution in [3.63, 3.8) is 0 Å². The topological polar surface area (TPSA) is 70.3 Å². The molecule has 0 aliphatic carbocycles. The normalized spacial score (nSPS) is 21.9. The van der Waals surface area contributed by atoms with Crippen LogP contribution >= 0.6 is 0 Å². The van der Waals surface area contributed by atoms with Crippen LogP contribution < -0.4 is 4.74 Å². The lowest BCUT2D eigenvalue weighted by atomic mass is 9.96. The summed E-state index contributed by atoms with van der Waals surface area (Å²) in [5.74, 6) is 2.25. The van der Waals surface area contributed by atoms with Crippen LogP contribution in [0, 0.1) is 0 Å². The van der Waals surface area contributed by atoms with Crippen molar-refractivity contribution in [2.45, 2.75) is 24.9 Å². The van der Waals surface area contributed by atoms with Gasteiger partial charge in [-0.05, 0) is 41.8 Å². The van der Waals surface area contributed by atoms with Crippen molar-refractivity contribution < 1.29 is 14.0 Å². The van der Waals surface area contributed by atoms with Crippen molar-refractivity contribution >= 4 is 0 Å². The number of ether oxygens (including phenoxy) is 2. The number of rotatable bonds is 3. The molecule has 0 spiro atoms. The number of nitrogens with zero attached hydrogens (tertiary/aromatic N) is 3. The van der Waals surface area contributed by atoms with Crippen molar-refractivity contribution in [3.05, 3.63) is 59.7 Å². The largest absolute Gasteiger partial charge is 0.493 e. The molecule has 1 saturated heterocycles. The molecular weight excluding hydrogens is 318 g/mol. The number of hydrogen-bond acceptors (Lipinski definition) is 6. The van der Waals surface area contributed by atoms with Gasteiger partial charge in [-0.1, -0.05) is 11.2 Å². The van der Waals surface area contributed by atoms with E-state index in [2.05, 4.69) is 21.2 Å². The van der Waals surface area contributed by atoms with Gasteiger partial charge >= 0.3 is 0 Å². The number of hydrogen-bond donors (Lipinski definition) is 0. The standard InChI is InChI=1S/C19H17N3O3/c1-2-14(11-20-7-1)17-15(6-9-24-17)19-21-18(22-25-19)13-3-4-16-12(10-13)5-8-23-16/h1-4,7,10-11,15,17H,5-6,8-9H2/t15-,17+/m0/s1. The van der Waals surface area contributed by atoms with Gasteiger partial charge in [-0.25, -0.2) is 0 Å². The van der Waals surface area contributed by atoms with E-state index in [0.29, 0.717) is 18.3 Å². The highest BCUT2D eigenvalue weighted by molar-refractivity contribution is 5.59. The van der Waals surface area contributed by atoms with Crippen molar-refractivity contribution in [2.75, 3.05) is 13.2 Å². The van der Waals surface area contributed by atoms with E-state index in [4.69, 9.17) is 14.0 Å². The van der Waals surface area contributed by atoms with Crippen molar-refractivity contribution in [3.8, 4) is 17.1 Å². The average molecular weight is 335 g/mol. The second-order valence-corrected chi connectivity index (χ2v) is 6.35. The second kappa shape index (κ2) is 5.97. The summed E-state index contributed by atoms with van der Waals surface area (Å²) in [6, 6.07) is 9.97. The van der Waals surface area contributed by atoms with Crippen molar-refractivity contribution in [1.82, 2.24) is 15.1 Å². The Hall–Kier alpha value is -2.73. The summed E-state index contributed by atoms with van der Waals surface area (Å²) in [7, 11) is 0. The van der Waals surface area contributed by atoms with Crippen LogP contribution in [-0.4, -0.2) is 28.3 Å². The van der Waals surface area contributed by atoms with Gasteiger partial charge in [-0.15, -0.1) is 0 Å². The highest BCUT2D eigenvalue weighted by Crippen LogP contribution is 2.41. The minimum absolute atomic E-state index is 0.0585. The maximum atomic E-state index is 5.90. The van der Waals surface area contributed by atoms with Gasteiger partial charge in [0.15, 0.2) is 0 Å². The van der Waals surface area contributed by atoms with Gasteiger partial charge in [-0.3, -0.25) is 4.98 Å². The van der Waals surface area contributed by atoms with E-state index in [-0.39, 0.29) is 12.0 Å². The lowest BCUT2D eigenvalue weighted by molar-refractivity contribution is 0.0984. The molecule has 1 aromatic carbocycles. The van der Waals surface area contributed by atoms with Gasteiger partial charge < -0.3 is 14.0 Å². The predicted octanol–water partition coefficient (Wildman–Crippen LogP) is 3.31. The fraction of sp³-hybridized carbons (Fsp3) is 0.316. The van der Waals surface area contributed by atoms with Gasteiger partial charge in [0.2, 0.25) is 11.7 Å². The summed E-state index contributed by atoms with van der Waals surface area (Å²) in [4.78, 5) is 8.83. The third kappa shape index (κ3) is 2.59. The summed E-state index contributed by atoms with van der Waals surface area (Å²) in [6.45, 7) is 1.42. The Bertz CT molecular complexity index is 894. The molecule has 126 valence electrons. The van der Waals surface area contributed by atoms with Crippen LogP contribution in [0.5, 0.6) is 5.75 Å². The van der Waals surface area contributed by atoms with Gasteiger partial charge in [0, 0.05) is 31.0 Å². The Labute approximate surface area is 144 Å². The molecule has 0 amide bonds. The van der Waals surface area contributed by atoms with Gasteiger partial charge in [0.05, 0.1) is 18.6 Å². The molecule has 4 heterocycles. The molecule has 0 N–H and O–H groups in total. The zero-order valence-electron chi connectivity index (χ0n) is 13.6. The van der Waals surface area contributed by atoms with Crippen LogP contribution in [0.4, 0.5) is 0 Å². The summed E-state index contributed by atoms with van der Waals surface area (Å²) in [5, 5.41) is 4.19. The minimum atomic E-state index is -0.0876. The monoisotopic (exact) mass is 335 g/mol. The molecule has 6 heteroatoms. The first kappa shape index (κ1) is 14.6. The molecular formula is C19H17N3O3. The van der Waals surface area contributed by atoms with E-state index in [9.17, 15) is 0 Å². The molecule has 0 unspecified atom stereocenters. The van der Waals surface area contributed by atoms with Gasteiger partial charge in [0.25, 0.3) is 0 Å². The zero-order valence-corrected chi connectivity index (χ0v) is 13.6. The third-order valence-corrected chi connectivity index (χ3v) is 4.81. The zero-order chi connectivity index (χ0) is 16.6. The number of benzene rings is 1. The maximum absolute atomic E-state index is 5.90. The van der Waals surface area contributed by atoms with Crippen LogP contribution in [0.2, 0.25) is 0 Å². The molecule has 3 aromatic rings. The van der Waals surface area contributed by atoms with E-state index in [1.165, 1.54) is 5.56 Å². The van der Waals surface area contributed by atoms with Gasteiger partial charge in [0.1, 0.15) is 5.75 Å². The fourth-order valence-corrected chi connectivity index (χ4v) is 3.54. The smallest absolute Gasteiger partial charge is 0.233 e. The van der Waals surface area contributed by atoms with Crippen LogP contribution in [0.25, 0.3) is 11.4 Å². The van der Waals surface area contributed by atoms with Crippen LogP contribution in [0.15, 0.2) is 47.2 Å². The van der Waals surface area contributed by atoms with Crippen molar-refractivity contribution in [2.24, 2.45) is 0 Å². The van der Waals surface area contributed by atoms with E-state index in [0.717, 1.165) is 36.3 Å². The Kier molecular flexibility index (Phi) is 3.48. The van der Waals surface area contributed by atoms with E-state index in [1.54, 1.807) is 6.20 Å². The number of fused-ring (bicyclic) bond motifs is 1. The molecule has 2 atom stereocenters. The lowest BCUT2D eigenvalue weighted by Gasteiger charge is -2.14. The van der Waals surface area contributed by atoms with E-state index >= 15 is 0 Å². The quantitative estimate of drug-likeness (QED) is 0.731. The first-order valence-corrected chi connectivity index (χ1v) is 8.50. The van der Waals surface area contributed by atoms with Crippen LogP contribution in [0.3, 0.4) is 0 Å². The molecule has 0 saturated carbocycles. The highest BCUT2D eigenvalue weighted by atomic mass is 16.5. The Morgan fingerprint density at radius 1 is 1.12 bits per heavy atom. The maximum Gasteiger partial charge on any atom is 0.233 e. The van der Waals surface area contributed by atoms with Crippen LogP contribution in [-0.2, 0) is 11.2 Å². The first-order valence-electron chi connectivity index (χ1n) is 8.50. The molecule has 1 fully saturated rings. The summed E-state index contributed by atoms with van der Waals surface area (Å²) >= 11 is 0. The predicted molar refractivity (Wildman–Crippen MR) is 89.2 cm³/mol. The number of pyridine rings is 1. The number of aromatic nitrogens is 3. The van der Waals surface area contributed by atoms with E-state index in [1.807, 2.05) is 30.5 Å². The van der Waals surface area contributed by atoms with Crippen molar-refractivity contribution in [1.29, 1.82) is 0 Å². The third-order valence-electron chi connectivity index (χ3n) is 4.81. The average Bonchev–Trinajstić information content (AvgIpc) is 3.40. The Morgan fingerprint density at radius 3 is 3.04 bits per heavy atom. The molecule has 6 nitrogen and oxygen atoms in total. The van der Waals surface area contributed by atoms with Gasteiger partial charge in [-0.2, -0.15) is 4.98 Å². The highest BCUT2D eigenvalue weighted by Gasteiger charge is 2.35. The Balaban J connectivity index is 1.44. The summed E-state index contributed by atoms with van der Waals surface area (Å²) < 4.78 is 17.0. The Morgan fingerprint density at radius 2 is 2.12 bits per heavy atom. The molecule has 2 aromatic heterocycles. The van der Waals surface area contributed by atoms with Crippen LogP contribution in [0.1, 0.15) is 35.5 Å². The summed E-state index contributed by atoms with van der Waals surface area (Å²) in [5.41, 5.74) is 3.19. The molecule has 0 radical (unpaired) electrons. The minimum Gasteiger partial charge on any atom is -0.493 e. The second-order valence-electron chi connectivity index (χ2n) is 6.35. The lowest BCUT2D eigenvalue weighted by Crippen LogP contribution is -2.06.